The Balaban J connectivity index is 1.57. The predicted octanol–water partition coefficient (Wildman–Crippen LogP) is 4.99. The Labute approximate surface area is 191 Å². The molecule has 176 valence electrons. The third kappa shape index (κ3) is 6.31. The number of Topliss-reactive ketones (excluding diaryl/α,β-unsaturated/α-hetero) is 1. The number of aromatic nitrogens is 2. The number of aryl methyl sites for hydroxylation is 1. The van der Waals surface area contributed by atoms with Crippen molar-refractivity contribution in [3.05, 3.63) is 29.5 Å². The van der Waals surface area contributed by atoms with Crippen LogP contribution in [0.15, 0.2) is 18.3 Å². The Hall–Kier alpha value is -2.41. The Kier molecular flexibility index (Phi) is 6.98. The van der Waals surface area contributed by atoms with E-state index in [1.165, 1.54) is 0 Å². The van der Waals surface area contributed by atoms with Crippen molar-refractivity contribution in [3.63, 3.8) is 0 Å². The van der Waals surface area contributed by atoms with Gasteiger partial charge in [-0.25, -0.2) is 4.79 Å². The summed E-state index contributed by atoms with van der Waals surface area (Å²) in [5.74, 6) is 0.489. The van der Waals surface area contributed by atoms with Gasteiger partial charge in [-0.15, -0.1) is 0 Å². The Morgan fingerprint density at radius 3 is 2.41 bits per heavy atom. The molecule has 0 bridgehead atoms. The summed E-state index contributed by atoms with van der Waals surface area (Å²) in [5.41, 5.74) is 1.95. The summed E-state index contributed by atoms with van der Waals surface area (Å²) in [6, 6.07) is 3.81. The van der Waals surface area contributed by atoms with Crippen LogP contribution in [0, 0.1) is 12.8 Å². The van der Waals surface area contributed by atoms with Crippen LogP contribution >= 0.6 is 0 Å². The molecule has 0 unspecified atom stereocenters. The molecule has 0 saturated carbocycles. The predicted molar refractivity (Wildman–Crippen MR) is 125 cm³/mol. The van der Waals surface area contributed by atoms with E-state index >= 15 is 0 Å². The van der Waals surface area contributed by atoms with Crippen molar-refractivity contribution in [3.8, 4) is 0 Å². The number of ether oxygens (including phenoxy) is 2. The van der Waals surface area contributed by atoms with E-state index in [0.29, 0.717) is 38.5 Å². The number of amides is 1. The molecule has 1 amide bonds. The second-order valence-electron chi connectivity index (χ2n) is 10.8. The molecule has 1 aliphatic heterocycles. The van der Waals surface area contributed by atoms with Crippen LogP contribution in [0.3, 0.4) is 0 Å². The number of ketones is 1. The van der Waals surface area contributed by atoms with Crippen molar-refractivity contribution in [2.45, 2.75) is 79.1 Å². The van der Waals surface area contributed by atoms with E-state index in [9.17, 15) is 9.59 Å². The van der Waals surface area contributed by atoms with E-state index < -0.39 is 5.60 Å². The van der Waals surface area contributed by atoms with Crippen molar-refractivity contribution in [1.82, 2.24) is 14.7 Å². The maximum atomic E-state index is 12.7. The minimum atomic E-state index is -0.478. The smallest absolute Gasteiger partial charge is 0.410 e. The van der Waals surface area contributed by atoms with E-state index in [1.807, 2.05) is 71.5 Å². The average molecular weight is 444 g/mol. The molecule has 1 aliphatic rings. The number of likely N-dealkylation sites (tertiary alicyclic amines) is 1. The van der Waals surface area contributed by atoms with E-state index in [4.69, 9.17) is 9.47 Å². The summed E-state index contributed by atoms with van der Waals surface area (Å²) in [5, 5.41) is 5.68. The van der Waals surface area contributed by atoms with Gasteiger partial charge in [0, 0.05) is 55.7 Å². The monoisotopic (exact) mass is 443 g/mol. The van der Waals surface area contributed by atoms with Gasteiger partial charge in [0.25, 0.3) is 0 Å². The molecule has 2 aromatic rings. The Bertz CT molecular complexity index is 975. The third-order valence-electron chi connectivity index (χ3n) is 5.44. The standard InChI is InChI=1S/C25H37N3O4/c1-17-19(22(29)9-8-12-31-24(2,3)4)10-11-21-20(17)16-28(26-21)15-18-13-27(14-18)23(30)32-25(5,6)7/h10-11,16,18H,8-9,12-15H2,1-7H3. The molecule has 32 heavy (non-hydrogen) atoms. The van der Waals surface area contributed by atoms with Gasteiger partial charge < -0.3 is 14.4 Å². The van der Waals surface area contributed by atoms with Gasteiger partial charge in [0.1, 0.15) is 5.60 Å². The van der Waals surface area contributed by atoms with E-state index in [2.05, 4.69) is 5.10 Å². The van der Waals surface area contributed by atoms with E-state index in [-0.39, 0.29) is 17.5 Å². The van der Waals surface area contributed by atoms with Crippen LogP contribution in [0.4, 0.5) is 4.79 Å². The Morgan fingerprint density at radius 1 is 1.09 bits per heavy atom. The summed E-state index contributed by atoms with van der Waals surface area (Å²) in [6.07, 6.45) is 2.94. The lowest BCUT2D eigenvalue weighted by Crippen LogP contribution is -2.52. The molecule has 3 rings (SSSR count). The first kappa shape index (κ1) is 24.2. The first-order valence-electron chi connectivity index (χ1n) is 11.4. The zero-order chi connectivity index (χ0) is 23.7. The second-order valence-corrected chi connectivity index (χ2v) is 10.8. The van der Waals surface area contributed by atoms with Crippen LogP contribution in [0.25, 0.3) is 10.9 Å². The van der Waals surface area contributed by atoms with Crippen LogP contribution < -0.4 is 0 Å². The summed E-state index contributed by atoms with van der Waals surface area (Å²) in [4.78, 5) is 26.6. The number of fused-ring (bicyclic) bond motifs is 1. The van der Waals surface area contributed by atoms with Crippen LogP contribution in [0.5, 0.6) is 0 Å². The minimum Gasteiger partial charge on any atom is -0.444 e. The lowest BCUT2D eigenvalue weighted by Gasteiger charge is -2.39. The molecular weight excluding hydrogens is 406 g/mol. The first-order chi connectivity index (χ1) is 14.8. The van der Waals surface area contributed by atoms with Crippen LogP contribution in [-0.4, -0.2) is 57.5 Å². The highest BCUT2D eigenvalue weighted by Crippen LogP contribution is 2.25. The van der Waals surface area contributed by atoms with Gasteiger partial charge >= 0.3 is 6.09 Å². The fraction of sp³-hybridized carbons (Fsp3) is 0.640. The van der Waals surface area contributed by atoms with Gasteiger partial charge in [0.15, 0.2) is 5.78 Å². The van der Waals surface area contributed by atoms with Crippen molar-refractivity contribution in [2.24, 2.45) is 5.92 Å². The SMILES string of the molecule is Cc1c(C(=O)CCCOC(C)(C)C)ccc2nn(CC3CN(C(=O)OC(C)(C)C)C3)cc12. The van der Waals surface area contributed by atoms with Gasteiger partial charge in [0.2, 0.25) is 0 Å². The number of carbonyl (C=O) groups excluding carboxylic acids is 2. The minimum absolute atomic E-state index is 0.140. The number of nitrogens with zero attached hydrogens (tertiary/aromatic N) is 3. The second kappa shape index (κ2) is 9.22. The van der Waals surface area contributed by atoms with Gasteiger partial charge in [0.05, 0.1) is 11.1 Å². The van der Waals surface area contributed by atoms with Crippen LogP contribution in [0.2, 0.25) is 0 Å². The maximum Gasteiger partial charge on any atom is 0.410 e. The van der Waals surface area contributed by atoms with Gasteiger partial charge in [-0.2, -0.15) is 5.10 Å². The average Bonchev–Trinajstić information content (AvgIpc) is 3.03. The molecule has 2 heterocycles. The van der Waals surface area contributed by atoms with Crippen molar-refractivity contribution >= 4 is 22.8 Å². The zero-order valence-electron chi connectivity index (χ0n) is 20.5. The molecule has 7 nitrogen and oxygen atoms in total. The molecule has 0 N–H and O–H groups in total. The van der Waals surface area contributed by atoms with Gasteiger partial charge in [-0.3, -0.25) is 9.48 Å². The molecule has 0 radical (unpaired) electrons. The number of hydrogen-bond donors (Lipinski definition) is 0. The third-order valence-corrected chi connectivity index (χ3v) is 5.44. The quantitative estimate of drug-likeness (QED) is 0.445. The number of rotatable bonds is 7. The fourth-order valence-corrected chi connectivity index (χ4v) is 3.85. The van der Waals surface area contributed by atoms with Crippen LogP contribution in [-0.2, 0) is 16.0 Å². The normalized spacial score (nSPS) is 15.2. The first-order valence-corrected chi connectivity index (χ1v) is 11.4. The summed E-state index contributed by atoms with van der Waals surface area (Å²) >= 11 is 0. The largest absolute Gasteiger partial charge is 0.444 e. The van der Waals surface area contributed by atoms with E-state index in [0.717, 1.165) is 28.6 Å². The van der Waals surface area contributed by atoms with Crippen molar-refractivity contribution in [2.75, 3.05) is 19.7 Å². The van der Waals surface area contributed by atoms with Crippen molar-refractivity contribution in [1.29, 1.82) is 0 Å². The highest BCUT2D eigenvalue weighted by Gasteiger charge is 2.34. The lowest BCUT2D eigenvalue weighted by atomic mass is 9.99. The highest BCUT2D eigenvalue weighted by molar-refractivity contribution is 6.01. The molecule has 1 saturated heterocycles. The number of hydrogen-bond acceptors (Lipinski definition) is 5. The van der Waals surface area contributed by atoms with E-state index in [1.54, 1.807) is 4.90 Å². The fourth-order valence-electron chi connectivity index (χ4n) is 3.85. The molecule has 0 atom stereocenters. The molecular formula is C25H37N3O4. The maximum absolute atomic E-state index is 12.7. The molecule has 1 fully saturated rings. The topological polar surface area (TPSA) is 73.7 Å². The number of benzene rings is 1. The molecule has 0 spiro atoms. The summed E-state index contributed by atoms with van der Waals surface area (Å²) < 4.78 is 13.1. The number of carbonyl (C=O) groups is 2. The molecule has 1 aromatic carbocycles. The highest BCUT2D eigenvalue weighted by atomic mass is 16.6. The molecule has 1 aromatic heterocycles. The van der Waals surface area contributed by atoms with Gasteiger partial charge in [-0.05, 0) is 72.6 Å². The zero-order valence-corrected chi connectivity index (χ0v) is 20.5. The molecule has 0 aliphatic carbocycles. The molecule has 7 heteroatoms. The van der Waals surface area contributed by atoms with Crippen LogP contribution in [0.1, 0.15) is 70.3 Å². The lowest BCUT2D eigenvalue weighted by molar-refractivity contribution is -0.00456. The summed E-state index contributed by atoms with van der Waals surface area (Å²) in [6.45, 7) is 16.3. The Morgan fingerprint density at radius 2 is 1.78 bits per heavy atom. The van der Waals surface area contributed by atoms with Crippen molar-refractivity contribution < 1.29 is 19.1 Å². The van der Waals surface area contributed by atoms with Gasteiger partial charge in [-0.1, -0.05) is 0 Å². The summed E-state index contributed by atoms with van der Waals surface area (Å²) in [7, 11) is 0.